The molecule has 0 N–H and O–H groups in total. The summed E-state index contributed by atoms with van der Waals surface area (Å²) in [5.41, 5.74) is 4.22. The maximum atomic E-state index is 14.0. The number of anilines is 1. The molecule has 8 heteroatoms. The zero-order valence-electron chi connectivity index (χ0n) is 20.8. The second-order valence-electron chi connectivity index (χ2n) is 10.4. The molecule has 4 aliphatic rings. The van der Waals surface area contributed by atoms with E-state index in [2.05, 4.69) is 18.2 Å². The summed E-state index contributed by atoms with van der Waals surface area (Å²) in [5, 5.41) is 4.00. The molecule has 1 aromatic heterocycles. The highest BCUT2D eigenvalue weighted by atomic mass is 79.9. The zero-order valence-corrected chi connectivity index (χ0v) is 23.2. The van der Waals surface area contributed by atoms with Crippen molar-refractivity contribution in [1.82, 2.24) is 0 Å². The van der Waals surface area contributed by atoms with E-state index in [1.165, 1.54) is 23.3 Å². The zero-order chi connectivity index (χ0) is 24.5. The third-order valence-electron chi connectivity index (χ3n) is 8.18. The van der Waals surface area contributed by atoms with Gasteiger partial charge < -0.3 is 30.9 Å². The minimum absolute atomic E-state index is 0. The van der Waals surface area contributed by atoms with Crippen molar-refractivity contribution in [3.05, 3.63) is 81.8 Å². The molecule has 2 bridgehead atoms. The molecule has 1 atom stereocenters. The fourth-order valence-corrected chi connectivity index (χ4v) is 6.75. The van der Waals surface area contributed by atoms with Gasteiger partial charge >= 0.3 is 6.09 Å². The van der Waals surface area contributed by atoms with Gasteiger partial charge in [0.1, 0.15) is 18.1 Å². The first-order valence-electron chi connectivity index (χ1n) is 12.9. The van der Waals surface area contributed by atoms with Crippen LogP contribution in [0.1, 0.15) is 29.5 Å². The van der Waals surface area contributed by atoms with E-state index in [1.807, 2.05) is 16.8 Å². The number of rotatable bonds is 7. The molecule has 196 valence electrons. The monoisotopic (exact) mass is 586 g/mol. The van der Waals surface area contributed by atoms with E-state index >= 15 is 0 Å². The van der Waals surface area contributed by atoms with Crippen LogP contribution in [-0.2, 0) is 24.1 Å². The number of carbonyl (C=O) groups excluding carboxylic acids is 1. The number of fused-ring (bicyclic) bond motifs is 4. The van der Waals surface area contributed by atoms with Crippen LogP contribution in [0.3, 0.4) is 0 Å². The maximum absolute atomic E-state index is 14.0. The molecule has 4 aliphatic heterocycles. The standard InChI is InChI=1S/C29H32FN2O3S.BrH/c30-25-2-1-3-26(17-25)31(18-22-10-15-36-20-22)29(33)35-28-19-32(12-7-23(28)8-13-32)11-6-21-4-5-27-24(16-21)9-14-34-27;/h1-5,10,15-17,20,23,28H,6-9,11-14,18-19H2;1H/q+1;/p-1/t23?,28-,32?;/m0./s1. The van der Waals surface area contributed by atoms with E-state index in [-0.39, 0.29) is 35.0 Å². The third-order valence-corrected chi connectivity index (χ3v) is 8.92. The second kappa shape index (κ2) is 11.1. The van der Waals surface area contributed by atoms with Crippen LogP contribution in [0.5, 0.6) is 5.75 Å². The first-order chi connectivity index (χ1) is 17.6. The van der Waals surface area contributed by atoms with Crippen molar-refractivity contribution in [2.75, 3.05) is 37.7 Å². The number of thiophene rings is 1. The Morgan fingerprint density at radius 3 is 2.78 bits per heavy atom. The largest absolute Gasteiger partial charge is 1.00 e. The van der Waals surface area contributed by atoms with E-state index in [1.54, 1.807) is 28.4 Å². The van der Waals surface area contributed by atoms with Crippen molar-refractivity contribution >= 4 is 23.1 Å². The van der Waals surface area contributed by atoms with Crippen molar-refractivity contribution in [1.29, 1.82) is 0 Å². The predicted octanol–water partition coefficient (Wildman–Crippen LogP) is 2.82. The van der Waals surface area contributed by atoms with Gasteiger partial charge in [-0.1, -0.05) is 18.2 Å². The maximum Gasteiger partial charge on any atom is 0.415 e. The van der Waals surface area contributed by atoms with Crippen molar-refractivity contribution in [3.63, 3.8) is 0 Å². The van der Waals surface area contributed by atoms with E-state index in [9.17, 15) is 9.18 Å². The number of ether oxygens (including phenoxy) is 2. The van der Waals surface area contributed by atoms with Gasteiger partial charge in [-0.25, -0.2) is 9.18 Å². The van der Waals surface area contributed by atoms with Crippen LogP contribution in [0.4, 0.5) is 14.9 Å². The lowest BCUT2D eigenvalue weighted by Gasteiger charge is -2.52. The van der Waals surface area contributed by atoms with E-state index in [0.29, 0.717) is 18.2 Å². The third kappa shape index (κ3) is 5.71. The molecule has 0 saturated carbocycles. The summed E-state index contributed by atoms with van der Waals surface area (Å²) in [7, 11) is 0. The lowest BCUT2D eigenvalue weighted by atomic mass is 9.83. The SMILES string of the molecule is O=C(O[C@H]1C[N+]2(CCc3ccc4c(c3)CCO4)CCC1CC2)N(Cc1ccsc1)c1cccc(F)c1.[Br-]. The average Bonchev–Trinajstić information content (AvgIpc) is 3.58. The summed E-state index contributed by atoms with van der Waals surface area (Å²) >= 11 is 1.58. The Balaban J connectivity index is 0.00000280. The summed E-state index contributed by atoms with van der Waals surface area (Å²) in [6.07, 6.45) is 3.69. The fraction of sp³-hybridized carbons (Fsp3) is 0.414. The number of piperidine rings is 3. The topological polar surface area (TPSA) is 38.8 Å². The molecule has 2 aromatic carbocycles. The van der Waals surface area contributed by atoms with Crippen LogP contribution >= 0.6 is 11.3 Å². The van der Waals surface area contributed by atoms with Gasteiger partial charge in [0, 0.05) is 31.6 Å². The molecule has 0 aliphatic carbocycles. The first-order valence-corrected chi connectivity index (χ1v) is 13.9. The molecule has 1 amide bonds. The van der Waals surface area contributed by atoms with E-state index in [0.717, 1.165) is 74.3 Å². The minimum atomic E-state index is -0.387. The molecule has 3 fully saturated rings. The number of halogens is 2. The summed E-state index contributed by atoms with van der Waals surface area (Å²) in [6, 6.07) is 14.8. The van der Waals surface area contributed by atoms with Crippen LogP contribution in [0, 0.1) is 11.7 Å². The number of amides is 1. The smallest absolute Gasteiger partial charge is 0.415 e. The lowest BCUT2D eigenvalue weighted by Crippen LogP contribution is -3.00. The van der Waals surface area contributed by atoms with Crippen molar-refractivity contribution in [2.24, 2.45) is 5.92 Å². The first kappa shape index (κ1) is 26.2. The van der Waals surface area contributed by atoms with Gasteiger partial charge in [0.25, 0.3) is 0 Å². The highest BCUT2D eigenvalue weighted by Gasteiger charge is 2.47. The van der Waals surface area contributed by atoms with Gasteiger partial charge in [-0.15, -0.1) is 0 Å². The van der Waals surface area contributed by atoms with Crippen LogP contribution in [0.25, 0.3) is 0 Å². The number of quaternary nitrogens is 1. The number of benzene rings is 2. The van der Waals surface area contributed by atoms with Crippen molar-refractivity contribution in [3.8, 4) is 5.75 Å². The molecule has 0 radical (unpaired) electrons. The molecular weight excluding hydrogens is 555 g/mol. The van der Waals surface area contributed by atoms with Crippen molar-refractivity contribution < 1.29 is 40.1 Å². The molecule has 5 heterocycles. The van der Waals surface area contributed by atoms with Gasteiger partial charge in [-0.2, -0.15) is 11.3 Å². The van der Waals surface area contributed by atoms with Gasteiger partial charge in [0.05, 0.1) is 38.5 Å². The Labute approximate surface area is 232 Å². The normalized spacial score (nSPS) is 23.6. The molecule has 3 saturated heterocycles. The average molecular weight is 588 g/mol. The Hall–Kier alpha value is -2.42. The highest BCUT2D eigenvalue weighted by Crippen LogP contribution is 2.37. The molecule has 0 spiro atoms. The Bertz CT molecular complexity index is 1230. The Morgan fingerprint density at radius 1 is 1.14 bits per heavy atom. The lowest BCUT2D eigenvalue weighted by molar-refractivity contribution is -0.945. The number of hydrogen-bond acceptors (Lipinski definition) is 4. The Morgan fingerprint density at radius 2 is 2.00 bits per heavy atom. The van der Waals surface area contributed by atoms with Crippen LogP contribution in [-0.4, -0.2) is 49.5 Å². The van der Waals surface area contributed by atoms with Crippen LogP contribution < -0.4 is 26.6 Å². The minimum Gasteiger partial charge on any atom is -1.00 e. The van der Waals surface area contributed by atoms with Crippen LogP contribution in [0.2, 0.25) is 0 Å². The summed E-state index contributed by atoms with van der Waals surface area (Å²) in [6.45, 7) is 5.37. The van der Waals surface area contributed by atoms with E-state index in [4.69, 9.17) is 9.47 Å². The number of hydrogen-bond donors (Lipinski definition) is 0. The van der Waals surface area contributed by atoms with Gasteiger partial charge in [-0.3, -0.25) is 4.90 Å². The number of nitrogens with zero attached hydrogens (tertiary/aromatic N) is 2. The molecule has 7 rings (SSSR count). The van der Waals surface area contributed by atoms with Crippen LogP contribution in [0.15, 0.2) is 59.3 Å². The predicted molar refractivity (Wildman–Crippen MR) is 139 cm³/mol. The van der Waals surface area contributed by atoms with Gasteiger partial charge in [0.15, 0.2) is 6.10 Å². The second-order valence-corrected chi connectivity index (χ2v) is 11.2. The molecule has 3 aromatic rings. The fourth-order valence-electron chi connectivity index (χ4n) is 6.09. The molecular formula is C29H32BrFN2O3S. The quantitative estimate of drug-likeness (QED) is 0.400. The Kier molecular flexibility index (Phi) is 7.88. The van der Waals surface area contributed by atoms with E-state index < -0.39 is 0 Å². The molecule has 37 heavy (non-hydrogen) atoms. The summed E-state index contributed by atoms with van der Waals surface area (Å²) in [4.78, 5) is 15.1. The molecule has 5 nitrogen and oxygen atoms in total. The van der Waals surface area contributed by atoms with Crippen molar-refractivity contribution in [2.45, 2.75) is 38.3 Å². The molecule has 0 unspecified atom stereocenters. The highest BCUT2D eigenvalue weighted by molar-refractivity contribution is 7.07. The summed E-state index contributed by atoms with van der Waals surface area (Å²) in [5.74, 6) is 1.07. The summed E-state index contributed by atoms with van der Waals surface area (Å²) < 4.78 is 26.9. The number of carbonyl (C=O) groups is 1. The van der Waals surface area contributed by atoms with Gasteiger partial charge in [0.2, 0.25) is 0 Å². The van der Waals surface area contributed by atoms with Gasteiger partial charge in [-0.05, 0) is 57.8 Å².